The number of benzene rings is 2. The van der Waals surface area contributed by atoms with E-state index >= 15 is 0 Å². The van der Waals surface area contributed by atoms with E-state index in [4.69, 9.17) is 9.47 Å². The molecule has 29 heavy (non-hydrogen) atoms. The summed E-state index contributed by atoms with van der Waals surface area (Å²) in [5, 5.41) is 7.27. The first kappa shape index (κ1) is 19.4. The Morgan fingerprint density at radius 2 is 1.97 bits per heavy atom. The van der Waals surface area contributed by atoms with Crippen LogP contribution in [0.2, 0.25) is 0 Å². The number of aromatic nitrogens is 1. The summed E-state index contributed by atoms with van der Waals surface area (Å²) in [6.07, 6.45) is 2.79. The molecule has 0 saturated heterocycles. The number of thiazole rings is 1. The molecule has 2 N–H and O–H groups in total. The standard InChI is InChI=1S/C21H22FN3O3S/c1-27-13-7-9-18(28-2)14(11-13)20(26)23-15-4-3-5-16(15)24-21-25-17-8-6-12(22)10-19(17)29-21/h6-11,15-16H,3-5H2,1-2H3,(H,23,26)(H,24,25)/t15-,16+/m1/s1. The summed E-state index contributed by atoms with van der Waals surface area (Å²) < 4.78 is 24.8. The largest absolute Gasteiger partial charge is 0.497 e. The first-order valence-electron chi connectivity index (χ1n) is 9.43. The Bertz CT molecular complexity index is 1040. The van der Waals surface area contributed by atoms with Gasteiger partial charge in [0.25, 0.3) is 5.91 Å². The SMILES string of the molecule is COc1ccc(OC)c(C(=O)N[C@@H]2CCC[C@@H]2Nc2nc3ccc(F)cc3s2)c1. The molecule has 0 bridgehead atoms. The Morgan fingerprint density at radius 3 is 2.76 bits per heavy atom. The zero-order chi connectivity index (χ0) is 20.4. The van der Waals surface area contributed by atoms with Crippen molar-refractivity contribution in [2.24, 2.45) is 0 Å². The van der Waals surface area contributed by atoms with Crippen LogP contribution in [0.5, 0.6) is 11.5 Å². The van der Waals surface area contributed by atoms with Crippen LogP contribution in [0.1, 0.15) is 29.6 Å². The highest BCUT2D eigenvalue weighted by Crippen LogP contribution is 2.31. The molecule has 8 heteroatoms. The first-order valence-corrected chi connectivity index (χ1v) is 10.2. The predicted octanol–water partition coefficient (Wildman–Crippen LogP) is 4.22. The number of amides is 1. The molecule has 2 aromatic carbocycles. The van der Waals surface area contributed by atoms with E-state index in [2.05, 4.69) is 15.6 Å². The summed E-state index contributed by atoms with van der Waals surface area (Å²) in [5.41, 5.74) is 1.20. The van der Waals surface area contributed by atoms with E-state index in [1.807, 2.05) is 0 Å². The van der Waals surface area contributed by atoms with Crippen LogP contribution in [0.4, 0.5) is 9.52 Å². The van der Waals surface area contributed by atoms with Crippen molar-refractivity contribution >= 4 is 32.6 Å². The number of hydrogen-bond acceptors (Lipinski definition) is 6. The van der Waals surface area contributed by atoms with Crippen molar-refractivity contribution in [1.29, 1.82) is 0 Å². The molecule has 6 nitrogen and oxygen atoms in total. The summed E-state index contributed by atoms with van der Waals surface area (Å²) in [7, 11) is 3.10. The van der Waals surface area contributed by atoms with E-state index < -0.39 is 0 Å². The summed E-state index contributed by atoms with van der Waals surface area (Å²) >= 11 is 1.42. The van der Waals surface area contributed by atoms with E-state index in [0.29, 0.717) is 17.1 Å². The third kappa shape index (κ3) is 4.12. The minimum atomic E-state index is -0.272. The number of anilines is 1. The molecule has 0 unspecified atom stereocenters. The molecule has 0 spiro atoms. The van der Waals surface area contributed by atoms with Gasteiger partial charge in [0, 0.05) is 12.1 Å². The highest BCUT2D eigenvalue weighted by Gasteiger charge is 2.30. The quantitative estimate of drug-likeness (QED) is 0.631. The van der Waals surface area contributed by atoms with Gasteiger partial charge in [-0.25, -0.2) is 9.37 Å². The van der Waals surface area contributed by atoms with Gasteiger partial charge < -0.3 is 20.1 Å². The normalized spacial score (nSPS) is 18.6. The van der Waals surface area contributed by atoms with Crippen molar-refractivity contribution in [3.8, 4) is 11.5 Å². The molecule has 1 aromatic heterocycles. The zero-order valence-electron chi connectivity index (χ0n) is 16.2. The number of nitrogens with one attached hydrogen (secondary N) is 2. The van der Waals surface area contributed by atoms with Crippen molar-refractivity contribution in [3.05, 3.63) is 47.8 Å². The summed E-state index contributed by atoms with van der Waals surface area (Å²) in [6.45, 7) is 0. The second-order valence-corrected chi connectivity index (χ2v) is 7.99. The average molecular weight is 415 g/mol. The second-order valence-electron chi connectivity index (χ2n) is 6.96. The van der Waals surface area contributed by atoms with Crippen molar-refractivity contribution in [2.45, 2.75) is 31.3 Å². The molecule has 1 fully saturated rings. The van der Waals surface area contributed by atoms with Crippen LogP contribution in [0.3, 0.4) is 0 Å². The Balaban J connectivity index is 1.49. The number of hydrogen-bond donors (Lipinski definition) is 2. The number of carbonyl (C=O) groups excluding carboxylic acids is 1. The summed E-state index contributed by atoms with van der Waals surface area (Å²) in [5.74, 6) is 0.620. The molecule has 0 radical (unpaired) electrons. The van der Waals surface area contributed by atoms with Crippen LogP contribution >= 0.6 is 11.3 Å². The monoisotopic (exact) mass is 415 g/mol. The molecule has 1 amide bonds. The third-order valence-electron chi connectivity index (χ3n) is 5.14. The molecule has 3 aromatic rings. The van der Waals surface area contributed by atoms with E-state index in [1.165, 1.54) is 30.6 Å². The Kier molecular flexibility index (Phi) is 5.53. The molecule has 1 saturated carbocycles. The van der Waals surface area contributed by atoms with Crippen LogP contribution in [-0.2, 0) is 0 Å². The fourth-order valence-electron chi connectivity index (χ4n) is 3.66. The number of methoxy groups -OCH3 is 2. The fourth-order valence-corrected chi connectivity index (χ4v) is 4.61. The lowest BCUT2D eigenvalue weighted by atomic mass is 10.1. The number of fused-ring (bicyclic) bond motifs is 1. The van der Waals surface area contributed by atoms with Gasteiger partial charge >= 0.3 is 0 Å². The number of carbonyl (C=O) groups is 1. The molecule has 1 aliphatic rings. The highest BCUT2D eigenvalue weighted by atomic mass is 32.1. The van der Waals surface area contributed by atoms with E-state index in [-0.39, 0.29) is 23.8 Å². The number of rotatable bonds is 6. The second kappa shape index (κ2) is 8.24. The van der Waals surface area contributed by atoms with Gasteiger partial charge in [0.2, 0.25) is 0 Å². The van der Waals surface area contributed by atoms with Crippen LogP contribution in [-0.4, -0.2) is 37.2 Å². The molecular weight excluding hydrogens is 393 g/mol. The van der Waals surface area contributed by atoms with Crippen molar-refractivity contribution in [3.63, 3.8) is 0 Å². The Labute approximate surface area is 172 Å². The van der Waals surface area contributed by atoms with Gasteiger partial charge in [0.1, 0.15) is 17.3 Å². The molecule has 4 rings (SSSR count). The maximum Gasteiger partial charge on any atom is 0.255 e. The molecule has 1 heterocycles. The lowest BCUT2D eigenvalue weighted by Gasteiger charge is -2.22. The molecule has 0 aliphatic heterocycles. The first-order chi connectivity index (χ1) is 14.1. The third-order valence-corrected chi connectivity index (χ3v) is 6.09. The number of ether oxygens (including phenoxy) is 2. The van der Waals surface area contributed by atoms with E-state index in [9.17, 15) is 9.18 Å². The minimum Gasteiger partial charge on any atom is -0.497 e. The van der Waals surface area contributed by atoms with Gasteiger partial charge in [-0.05, 0) is 55.7 Å². The van der Waals surface area contributed by atoms with E-state index in [1.54, 1.807) is 31.4 Å². The zero-order valence-corrected chi connectivity index (χ0v) is 17.0. The van der Waals surface area contributed by atoms with Gasteiger partial charge in [0.15, 0.2) is 5.13 Å². The number of nitrogens with zero attached hydrogens (tertiary/aromatic N) is 1. The van der Waals surface area contributed by atoms with E-state index in [0.717, 1.165) is 34.6 Å². The number of halogens is 1. The van der Waals surface area contributed by atoms with Crippen LogP contribution in [0.15, 0.2) is 36.4 Å². The van der Waals surface area contributed by atoms with Crippen molar-refractivity contribution in [1.82, 2.24) is 10.3 Å². The van der Waals surface area contributed by atoms with Crippen LogP contribution < -0.4 is 20.1 Å². The maximum absolute atomic E-state index is 13.4. The van der Waals surface area contributed by atoms with Gasteiger partial charge in [-0.2, -0.15) is 0 Å². The summed E-state index contributed by atoms with van der Waals surface area (Å²) in [4.78, 5) is 17.4. The summed E-state index contributed by atoms with van der Waals surface area (Å²) in [6, 6.07) is 9.74. The van der Waals surface area contributed by atoms with Gasteiger partial charge in [-0.1, -0.05) is 11.3 Å². The van der Waals surface area contributed by atoms with Gasteiger partial charge in [0.05, 0.1) is 30.0 Å². The molecule has 152 valence electrons. The fraction of sp³-hybridized carbons (Fsp3) is 0.333. The Hall–Kier alpha value is -2.87. The molecule has 1 aliphatic carbocycles. The molecule has 2 atom stereocenters. The Morgan fingerprint density at radius 1 is 1.14 bits per heavy atom. The molecular formula is C21H22FN3O3S. The smallest absolute Gasteiger partial charge is 0.255 e. The lowest BCUT2D eigenvalue weighted by Crippen LogP contribution is -2.43. The highest BCUT2D eigenvalue weighted by molar-refractivity contribution is 7.22. The maximum atomic E-state index is 13.4. The van der Waals surface area contributed by atoms with Gasteiger partial charge in [-0.15, -0.1) is 0 Å². The minimum absolute atomic E-state index is 0.0397. The van der Waals surface area contributed by atoms with Crippen LogP contribution in [0.25, 0.3) is 10.2 Å². The predicted molar refractivity (Wildman–Crippen MR) is 112 cm³/mol. The van der Waals surface area contributed by atoms with Gasteiger partial charge in [-0.3, -0.25) is 4.79 Å². The average Bonchev–Trinajstić information content (AvgIpc) is 3.33. The van der Waals surface area contributed by atoms with Crippen molar-refractivity contribution in [2.75, 3.05) is 19.5 Å². The topological polar surface area (TPSA) is 72.5 Å². The van der Waals surface area contributed by atoms with Crippen molar-refractivity contribution < 1.29 is 18.7 Å². The lowest BCUT2D eigenvalue weighted by molar-refractivity contribution is 0.0932. The van der Waals surface area contributed by atoms with Crippen LogP contribution in [0, 0.1) is 5.82 Å².